The third-order valence-corrected chi connectivity index (χ3v) is 16.4. The third-order valence-electron chi connectivity index (χ3n) is 8.50. The Kier molecular flexibility index (Phi) is 8.34. The lowest BCUT2D eigenvalue weighted by molar-refractivity contribution is -0.271. The van der Waals surface area contributed by atoms with Gasteiger partial charge in [0.05, 0.1) is 24.9 Å². The van der Waals surface area contributed by atoms with E-state index in [1.165, 1.54) is 23.5 Å². The molecule has 2 spiro atoms. The number of thioether (sulfide) groups is 2. The molecule has 0 saturated carbocycles. The molecule has 0 radical (unpaired) electrons. The van der Waals surface area contributed by atoms with Crippen LogP contribution in [-0.4, -0.2) is 68.0 Å². The summed E-state index contributed by atoms with van der Waals surface area (Å²) >= 11 is 4.06. The first-order chi connectivity index (χ1) is 15.9. The van der Waals surface area contributed by atoms with E-state index < -0.39 is 19.7 Å². The van der Waals surface area contributed by atoms with Gasteiger partial charge in [0.15, 0.2) is 20.4 Å². The van der Waals surface area contributed by atoms with Crippen molar-refractivity contribution in [1.29, 1.82) is 0 Å². The van der Waals surface area contributed by atoms with E-state index in [1.807, 2.05) is 23.5 Å². The van der Waals surface area contributed by atoms with Crippen molar-refractivity contribution in [2.45, 2.75) is 119 Å². The molecule has 3 saturated heterocycles. The number of hydrogen-bond acceptors (Lipinski definition) is 7. The number of rotatable bonds is 5. The number of methoxy groups -OCH3 is 1. The van der Waals surface area contributed by atoms with Crippen LogP contribution in [0, 0.1) is 0 Å². The Labute approximate surface area is 216 Å². The highest BCUT2D eigenvalue weighted by atomic mass is 32.2. The lowest BCUT2D eigenvalue weighted by Gasteiger charge is -2.54. The predicted molar refractivity (Wildman–Crippen MR) is 145 cm³/mol. The minimum Gasteiger partial charge on any atom is -0.407 e. The molecule has 0 aromatic heterocycles. The minimum absolute atomic E-state index is 0.00279. The fraction of sp³-hybridized carbons (Fsp3) is 0.923. The topological polar surface area (TPSA) is 46.2 Å². The summed E-state index contributed by atoms with van der Waals surface area (Å²) < 4.78 is 32.4. The molecule has 3 aliphatic heterocycles. The van der Waals surface area contributed by atoms with Gasteiger partial charge in [0.1, 0.15) is 4.08 Å². The highest BCUT2D eigenvalue weighted by Gasteiger charge is 2.56. The Morgan fingerprint density at radius 2 is 1.74 bits per heavy atom. The maximum absolute atomic E-state index is 7.22. The predicted octanol–water partition coefficient (Wildman–Crippen LogP) is 6.73. The largest absolute Gasteiger partial charge is 0.407 e. The molecule has 8 heteroatoms. The zero-order valence-corrected chi connectivity index (χ0v) is 25.0. The fourth-order valence-corrected chi connectivity index (χ4v) is 9.91. The molecule has 0 N–H and O–H groups in total. The van der Waals surface area contributed by atoms with Crippen molar-refractivity contribution in [3.8, 4) is 0 Å². The zero-order valence-electron chi connectivity index (χ0n) is 22.4. The first-order valence-electron chi connectivity index (χ1n) is 13.1. The van der Waals surface area contributed by atoms with Crippen molar-refractivity contribution in [1.82, 2.24) is 0 Å². The van der Waals surface area contributed by atoms with E-state index >= 15 is 0 Å². The fourth-order valence-electron chi connectivity index (χ4n) is 5.23. The van der Waals surface area contributed by atoms with E-state index in [0.29, 0.717) is 0 Å². The Hall–Kier alpha value is 0.457. The first-order valence-corrected chi connectivity index (χ1v) is 18.0. The molecule has 3 atom stereocenters. The molecule has 0 amide bonds. The molecular weight excluding hydrogens is 485 g/mol. The Balaban J connectivity index is 1.61. The summed E-state index contributed by atoms with van der Waals surface area (Å²) in [5.74, 6) is 1.93. The molecule has 4 aliphatic rings. The zero-order chi connectivity index (χ0) is 24.7. The van der Waals surface area contributed by atoms with Gasteiger partial charge < -0.3 is 23.4 Å². The van der Waals surface area contributed by atoms with Crippen molar-refractivity contribution in [3.05, 3.63) is 11.6 Å². The van der Waals surface area contributed by atoms with Gasteiger partial charge in [0.2, 0.25) is 0 Å². The molecule has 196 valence electrons. The molecule has 1 aliphatic carbocycles. The van der Waals surface area contributed by atoms with E-state index in [2.05, 4.69) is 46.9 Å². The van der Waals surface area contributed by atoms with Crippen LogP contribution in [0.5, 0.6) is 0 Å². The second kappa shape index (κ2) is 10.3. The summed E-state index contributed by atoms with van der Waals surface area (Å²) in [4.78, 5) is 0. The molecular formula is C26H46O5S2Si. The van der Waals surface area contributed by atoms with Crippen molar-refractivity contribution in [2.75, 3.05) is 31.8 Å². The average molecular weight is 531 g/mol. The van der Waals surface area contributed by atoms with Crippen LogP contribution in [0.2, 0.25) is 18.1 Å². The van der Waals surface area contributed by atoms with Gasteiger partial charge in [-0.2, -0.15) is 0 Å². The van der Waals surface area contributed by atoms with Gasteiger partial charge in [-0.15, -0.1) is 23.5 Å². The summed E-state index contributed by atoms with van der Waals surface area (Å²) in [7, 11) is -0.241. The standard InChI is InChI=1S/C26H46O5S2Si/c1-23(2,3)34(6,7)31-21(20-10-12-25(13-11-20)28-16-8-17-29-25)24(4)14-15-26(22(27-5)30-24)32-18-9-19-33-26/h10,21-22H,8-9,11-19H2,1-7H3/t21-,22+,24+/m1/s1. The van der Waals surface area contributed by atoms with Crippen LogP contribution >= 0.6 is 23.5 Å². The van der Waals surface area contributed by atoms with E-state index in [-0.39, 0.29) is 21.5 Å². The van der Waals surface area contributed by atoms with Gasteiger partial charge >= 0.3 is 0 Å². The van der Waals surface area contributed by atoms with Crippen molar-refractivity contribution in [3.63, 3.8) is 0 Å². The second-order valence-electron chi connectivity index (χ2n) is 12.1. The smallest absolute Gasteiger partial charge is 0.193 e. The van der Waals surface area contributed by atoms with Crippen molar-refractivity contribution in [2.24, 2.45) is 0 Å². The lowest BCUT2D eigenvalue weighted by Crippen LogP contribution is -2.60. The Bertz CT molecular complexity index is 740. The van der Waals surface area contributed by atoms with E-state index in [9.17, 15) is 0 Å². The summed E-state index contributed by atoms with van der Waals surface area (Å²) in [6.45, 7) is 15.5. The van der Waals surface area contributed by atoms with Crippen LogP contribution in [0.3, 0.4) is 0 Å². The minimum atomic E-state index is -2.05. The molecule has 3 heterocycles. The summed E-state index contributed by atoms with van der Waals surface area (Å²) in [5, 5.41) is 0.124. The molecule has 0 bridgehead atoms. The average Bonchev–Trinajstić information content (AvgIpc) is 2.81. The van der Waals surface area contributed by atoms with Crippen LogP contribution in [-0.2, 0) is 23.4 Å². The van der Waals surface area contributed by atoms with Crippen LogP contribution < -0.4 is 0 Å². The maximum Gasteiger partial charge on any atom is 0.193 e. The van der Waals surface area contributed by atoms with Crippen LogP contribution in [0.15, 0.2) is 11.6 Å². The highest BCUT2D eigenvalue weighted by Crippen LogP contribution is 2.56. The maximum atomic E-state index is 7.22. The van der Waals surface area contributed by atoms with Gasteiger partial charge in [0.25, 0.3) is 0 Å². The third kappa shape index (κ3) is 5.49. The van der Waals surface area contributed by atoms with Crippen molar-refractivity contribution >= 4 is 31.8 Å². The van der Waals surface area contributed by atoms with E-state index in [4.69, 9.17) is 23.4 Å². The molecule has 5 nitrogen and oxygen atoms in total. The SMILES string of the molecule is CO[C@H]1O[C@](C)([C@H](O[Si](C)(C)C(C)(C)C)C2=CCC3(CC2)OCCCO3)CCC12SCCCS2. The lowest BCUT2D eigenvalue weighted by atomic mass is 9.80. The molecule has 0 aromatic rings. The van der Waals surface area contributed by atoms with Gasteiger partial charge in [-0.05, 0) is 74.2 Å². The first kappa shape index (κ1) is 27.5. The molecule has 4 rings (SSSR count). The van der Waals surface area contributed by atoms with Crippen LogP contribution in [0.4, 0.5) is 0 Å². The summed E-state index contributed by atoms with van der Waals surface area (Å²) in [6, 6.07) is 0. The monoisotopic (exact) mass is 530 g/mol. The Morgan fingerprint density at radius 1 is 1.06 bits per heavy atom. The molecule has 0 aromatic carbocycles. The molecule has 0 unspecified atom stereocenters. The quantitative estimate of drug-likeness (QED) is 0.288. The van der Waals surface area contributed by atoms with Crippen LogP contribution in [0.25, 0.3) is 0 Å². The molecule has 34 heavy (non-hydrogen) atoms. The van der Waals surface area contributed by atoms with Gasteiger partial charge in [-0.3, -0.25) is 0 Å². The normalized spacial score (nSPS) is 33.0. The Morgan fingerprint density at radius 3 is 2.29 bits per heavy atom. The van der Waals surface area contributed by atoms with Crippen molar-refractivity contribution < 1.29 is 23.4 Å². The highest BCUT2D eigenvalue weighted by molar-refractivity contribution is 8.18. The number of hydrogen-bond donors (Lipinski definition) is 0. The van der Waals surface area contributed by atoms with E-state index in [1.54, 1.807) is 7.11 Å². The summed E-state index contributed by atoms with van der Waals surface area (Å²) in [6.07, 6.45) is 8.94. The van der Waals surface area contributed by atoms with E-state index in [0.717, 1.165) is 51.7 Å². The summed E-state index contributed by atoms with van der Waals surface area (Å²) in [5.41, 5.74) is 0.926. The second-order valence-corrected chi connectivity index (χ2v) is 19.9. The van der Waals surface area contributed by atoms with Gasteiger partial charge in [0, 0.05) is 20.0 Å². The number of ether oxygens (including phenoxy) is 4. The van der Waals surface area contributed by atoms with Gasteiger partial charge in [-0.25, -0.2) is 0 Å². The molecule has 3 fully saturated rings. The van der Waals surface area contributed by atoms with Crippen LogP contribution in [0.1, 0.15) is 72.6 Å². The van der Waals surface area contributed by atoms with Gasteiger partial charge in [-0.1, -0.05) is 26.8 Å².